The molecular weight excluding hydrogens is 325 g/mol. The second-order valence-electron chi connectivity index (χ2n) is 0. The molecule has 0 aliphatic carbocycles. The molecule has 0 saturated heterocycles. The number of hydrogen-bond donors (Lipinski definition) is 0. The van der Waals surface area contributed by atoms with Gasteiger partial charge in [-0.2, -0.15) is 13.8 Å². The first-order valence-electron chi connectivity index (χ1n) is 1.41. The Kier molecular flexibility index (Phi) is 511. The van der Waals surface area contributed by atoms with E-state index in [1.807, 2.05) is 0 Å². The van der Waals surface area contributed by atoms with E-state index in [1.165, 1.54) is 0 Å². The van der Waals surface area contributed by atoms with Crippen molar-refractivity contribution >= 4 is 0 Å². The van der Waals surface area contributed by atoms with Gasteiger partial charge in [0.1, 0.15) is 0 Å². The van der Waals surface area contributed by atoms with Crippen LogP contribution in [-0.4, -0.2) is 0 Å². The fraction of sp³-hybridized carbons (Fsp3) is 0.500. The van der Waals surface area contributed by atoms with Gasteiger partial charge in [0.05, 0.1) is 0 Å². The van der Waals surface area contributed by atoms with E-state index >= 15 is 0 Å². The molecule has 0 aromatic heterocycles. The Balaban J connectivity index is -0.00000000500. The van der Waals surface area contributed by atoms with Gasteiger partial charge in [0.25, 0.3) is 0 Å². The van der Waals surface area contributed by atoms with Crippen molar-refractivity contribution in [3.05, 3.63) is 13.8 Å². The average molecular weight is 335 g/mol. The maximum atomic E-state index is 3.25. The zero-order valence-corrected chi connectivity index (χ0v) is 7.85. The van der Waals surface area contributed by atoms with Gasteiger partial charge in [-0.15, -0.1) is 0 Å². The van der Waals surface area contributed by atoms with Crippen LogP contribution in [0.5, 0.6) is 0 Å². The third kappa shape index (κ3) is 62.4. The molecule has 0 amide bonds. The summed E-state index contributed by atoms with van der Waals surface area (Å²) in [6, 6.07) is 0. The first-order chi connectivity index (χ1) is 2.00. The zero-order valence-electron chi connectivity index (χ0n) is 4.09. The first-order valence-corrected chi connectivity index (χ1v) is 1.41. The molecule has 0 saturated carbocycles. The van der Waals surface area contributed by atoms with Crippen LogP contribution in [0, 0.1) is 13.8 Å². The van der Waals surface area contributed by atoms with Gasteiger partial charge in [-0.1, -0.05) is 0 Å². The summed E-state index contributed by atoms with van der Waals surface area (Å²) in [7, 11) is 0. The molecule has 0 rings (SSSR count). The fourth-order valence-electron chi connectivity index (χ4n) is 0. The second kappa shape index (κ2) is 114. The molecule has 0 N–H and O–H groups in total. The molecule has 44 valence electrons. The largest absolute Gasteiger partial charge is 3.00 e. The smallest absolute Gasteiger partial charge is 1.00 e. The number of rotatable bonds is 0. The summed E-state index contributed by atoms with van der Waals surface area (Å²) in [5.41, 5.74) is 0. The van der Waals surface area contributed by atoms with E-state index in [4.69, 9.17) is 0 Å². The van der Waals surface area contributed by atoms with Crippen LogP contribution in [0.4, 0.5) is 0 Å². The standard InChI is InChI=1S/2C2H5.Au.BrH/c2*1-2;;/h2*1H2,2H3;;1H/q2*-1;+3;/p-1. The maximum Gasteiger partial charge on any atom is 3.00 e. The minimum absolute atomic E-state index is 0. The van der Waals surface area contributed by atoms with E-state index in [-0.39, 0.29) is 39.4 Å². The Morgan fingerprint density at radius 1 is 0.833 bits per heavy atom. The summed E-state index contributed by atoms with van der Waals surface area (Å²) in [6.07, 6.45) is 0. The Morgan fingerprint density at radius 2 is 0.833 bits per heavy atom. The molecule has 0 aromatic carbocycles. The molecule has 0 aromatic rings. The molecule has 0 spiro atoms. The van der Waals surface area contributed by atoms with Crippen LogP contribution < -0.4 is 17.0 Å². The maximum absolute atomic E-state index is 3.25. The molecule has 0 aliphatic heterocycles. The predicted octanol–water partition coefficient (Wildman–Crippen LogP) is -1.32. The summed E-state index contributed by atoms with van der Waals surface area (Å²) in [6.45, 7) is 10.0. The van der Waals surface area contributed by atoms with Crippen LogP contribution in [0.3, 0.4) is 0 Å². The third-order valence-electron chi connectivity index (χ3n) is 0. The van der Waals surface area contributed by atoms with E-state index in [1.54, 1.807) is 13.8 Å². The number of halogens is 1. The van der Waals surface area contributed by atoms with Crippen molar-refractivity contribution < 1.29 is 39.4 Å². The molecule has 0 unspecified atom stereocenters. The van der Waals surface area contributed by atoms with Crippen molar-refractivity contribution in [1.82, 2.24) is 0 Å². The predicted molar refractivity (Wildman–Crippen MR) is 22.1 cm³/mol. The minimum atomic E-state index is 0. The Labute approximate surface area is 67.0 Å². The SMILES string of the molecule is [Au+3].[Br-].[CH2-]C.[CH2-]C. The Morgan fingerprint density at radius 3 is 0.833 bits per heavy atom. The average Bonchev–Trinajstić information content (AvgIpc) is 1.50. The van der Waals surface area contributed by atoms with Crippen LogP contribution in [-0.2, 0) is 22.4 Å². The van der Waals surface area contributed by atoms with Crippen molar-refractivity contribution in [3.63, 3.8) is 0 Å². The van der Waals surface area contributed by atoms with Gasteiger partial charge in [-0.3, -0.25) is 0 Å². The van der Waals surface area contributed by atoms with Gasteiger partial charge in [0.2, 0.25) is 0 Å². The van der Waals surface area contributed by atoms with Crippen LogP contribution >= 0.6 is 0 Å². The minimum Gasteiger partial charge on any atom is -1.00 e. The van der Waals surface area contributed by atoms with Crippen molar-refractivity contribution in [2.75, 3.05) is 0 Å². The molecule has 0 atom stereocenters. The summed E-state index contributed by atoms with van der Waals surface area (Å²) < 4.78 is 0. The van der Waals surface area contributed by atoms with Crippen LogP contribution in [0.2, 0.25) is 0 Å². The van der Waals surface area contributed by atoms with Gasteiger partial charge in [0, 0.05) is 0 Å². The van der Waals surface area contributed by atoms with Crippen LogP contribution in [0.1, 0.15) is 13.8 Å². The normalized spacial score (nSPS) is 2.00. The second-order valence-corrected chi connectivity index (χ2v) is 0. The summed E-state index contributed by atoms with van der Waals surface area (Å²) >= 11 is 0. The van der Waals surface area contributed by atoms with E-state index in [0.717, 1.165) is 0 Å². The summed E-state index contributed by atoms with van der Waals surface area (Å²) in [5, 5.41) is 0. The zero-order chi connectivity index (χ0) is 4.00. The van der Waals surface area contributed by atoms with Crippen LogP contribution in [0.25, 0.3) is 0 Å². The summed E-state index contributed by atoms with van der Waals surface area (Å²) in [5.74, 6) is 0. The van der Waals surface area contributed by atoms with Gasteiger partial charge < -0.3 is 30.8 Å². The molecule has 0 nitrogen and oxygen atoms in total. The quantitative estimate of drug-likeness (QED) is 0.381. The molecule has 0 radical (unpaired) electrons. The van der Waals surface area contributed by atoms with Crippen molar-refractivity contribution in [3.8, 4) is 0 Å². The summed E-state index contributed by atoms with van der Waals surface area (Å²) in [4.78, 5) is 0. The molecule has 6 heavy (non-hydrogen) atoms. The third-order valence-corrected chi connectivity index (χ3v) is 0. The van der Waals surface area contributed by atoms with Crippen molar-refractivity contribution in [2.24, 2.45) is 0 Å². The van der Waals surface area contributed by atoms with Gasteiger partial charge in [-0.05, 0) is 0 Å². The van der Waals surface area contributed by atoms with Crippen LogP contribution in [0.15, 0.2) is 0 Å². The monoisotopic (exact) mass is 334 g/mol. The van der Waals surface area contributed by atoms with Gasteiger partial charge in [-0.25, -0.2) is 0 Å². The molecule has 0 aliphatic rings. The molecule has 0 fully saturated rings. The Hall–Kier alpha value is 1.22. The topological polar surface area (TPSA) is 0 Å². The molecule has 2 heteroatoms. The molecular formula is C4H10AuBr. The first kappa shape index (κ1) is 26.9. The van der Waals surface area contributed by atoms with Gasteiger partial charge >= 0.3 is 22.4 Å². The van der Waals surface area contributed by atoms with E-state index < -0.39 is 0 Å². The van der Waals surface area contributed by atoms with E-state index in [0.29, 0.717) is 0 Å². The molecule has 0 bridgehead atoms. The van der Waals surface area contributed by atoms with Crippen molar-refractivity contribution in [2.45, 2.75) is 13.8 Å². The van der Waals surface area contributed by atoms with E-state index in [9.17, 15) is 0 Å². The van der Waals surface area contributed by atoms with Gasteiger partial charge in [0.15, 0.2) is 0 Å². The number of hydrogen-bond acceptors (Lipinski definition) is 0. The van der Waals surface area contributed by atoms with E-state index in [2.05, 4.69) is 13.8 Å². The fourth-order valence-corrected chi connectivity index (χ4v) is 0. The van der Waals surface area contributed by atoms with Crippen molar-refractivity contribution in [1.29, 1.82) is 0 Å². The molecule has 0 heterocycles. The Bertz CT molecular complexity index is 7.51.